The fraction of sp³-hybridized carbons (Fsp3) is 0.667. The topological polar surface area (TPSA) is 62.6 Å². The van der Waals surface area contributed by atoms with Gasteiger partial charge in [0.15, 0.2) is 0 Å². The highest BCUT2D eigenvalue weighted by molar-refractivity contribution is 7.89. The molecule has 0 atom stereocenters. The number of nitrogens with zero attached hydrogens (tertiary/aromatic N) is 1. The summed E-state index contributed by atoms with van der Waals surface area (Å²) in [7, 11) is -1.71. The third kappa shape index (κ3) is 2.32. The van der Waals surface area contributed by atoms with Crippen LogP contribution in [0.4, 0.5) is 0 Å². The van der Waals surface area contributed by atoms with Crippen molar-refractivity contribution in [1.82, 2.24) is 9.62 Å². The largest absolute Gasteiger partial charge is 0.447 e. The predicted molar refractivity (Wildman–Crippen MR) is 68.7 cm³/mol. The van der Waals surface area contributed by atoms with Crippen molar-refractivity contribution >= 4 is 10.0 Å². The Labute approximate surface area is 108 Å². The van der Waals surface area contributed by atoms with Gasteiger partial charge in [-0.05, 0) is 45.9 Å². The lowest BCUT2D eigenvalue weighted by Gasteiger charge is -2.29. The van der Waals surface area contributed by atoms with Gasteiger partial charge in [0.05, 0.1) is 6.54 Å². The first-order valence-corrected chi connectivity index (χ1v) is 7.58. The van der Waals surface area contributed by atoms with Gasteiger partial charge in [0, 0.05) is 12.1 Å². The maximum atomic E-state index is 12.5. The Morgan fingerprint density at radius 2 is 2.17 bits per heavy atom. The van der Waals surface area contributed by atoms with Gasteiger partial charge in [-0.3, -0.25) is 0 Å². The number of rotatable bonds is 4. The number of nitrogens with one attached hydrogen (secondary N) is 1. The van der Waals surface area contributed by atoms with E-state index in [0.29, 0.717) is 18.8 Å². The van der Waals surface area contributed by atoms with Gasteiger partial charge >= 0.3 is 0 Å². The lowest BCUT2D eigenvalue weighted by atomic mass is 10.0. The zero-order valence-corrected chi connectivity index (χ0v) is 11.9. The molecule has 0 bridgehead atoms. The first kappa shape index (κ1) is 13.6. The molecule has 1 fully saturated rings. The molecule has 0 spiro atoms. The molecule has 0 aromatic carbocycles. The van der Waals surface area contributed by atoms with E-state index in [9.17, 15) is 8.42 Å². The van der Waals surface area contributed by atoms with E-state index < -0.39 is 10.0 Å². The minimum absolute atomic E-state index is 0.0442. The Morgan fingerprint density at radius 3 is 2.72 bits per heavy atom. The summed E-state index contributed by atoms with van der Waals surface area (Å²) in [6.07, 6.45) is 1.78. The predicted octanol–water partition coefficient (Wildman–Crippen LogP) is 1.56. The fourth-order valence-electron chi connectivity index (χ4n) is 2.40. The summed E-state index contributed by atoms with van der Waals surface area (Å²) in [5, 5.41) is 2.98. The van der Waals surface area contributed by atoms with Crippen LogP contribution < -0.4 is 5.32 Å². The first-order chi connectivity index (χ1) is 8.38. The maximum Gasteiger partial charge on any atom is 0.276 e. The molecule has 6 heteroatoms. The Kier molecular flexibility index (Phi) is 3.53. The average Bonchev–Trinajstić information content (AvgIpc) is 2.85. The summed E-state index contributed by atoms with van der Waals surface area (Å²) in [5.41, 5.74) is -0.325. The van der Waals surface area contributed by atoms with Crippen LogP contribution in [0.1, 0.15) is 32.4 Å². The molecule has 5 nitrogen and oxygen atoms in total. The minimum atomic E-state index is -3.50. The molecule has 0 aliphatic carbocycles. The highest BCUT2D eigenvalue weighted by Crippen LogP contribution is 2.34. The third-order valence-electron chi connectivity index (χ3n) is 3.36. The van der Waals surface area contributed by atoms with Crippen LogP contribution >= 0.6 is 0 Å². The highest BCUT2D eigenvalue weighted by Gasteiger charge is 2.42. The van der Waals surface area contributed by atoms with E-state index in [2.05, 4.69) is 5.32 Å². The van der Waals surface area contributed by atoms with E-state index in [1.165, 1.54) is 6.07 Å². The molecule has 102 valence electrons. The van der Waals surface area contributed by atoms with Crippen molar-refractivity contribution in [2.24, 2.45) is 0 Å². The van der Waals surface area contributed by atoms with Gasteiger partial charge in [-0.15, -0.1) is 0 Å². The molecule has 1 aliphatic rings. The molecular formula is C12H20N2O3S. The maximum absolute atomic E-state index is 12.5. The molecule has 2 rings (SSSR count). The van der Waals surface area contributed by atoms with Crippen LogP contribution in [0.25, 0.3) is 0 Å². The van der Waals surface area contributed by atoms with Crippen LogP contribution in [0.3, 0.4) is 0 Å². The molecule has 1 aromatic heterocycles. The average molecular weight is 272 g/mol. The van der Waals surface area contributed by atoms with Crippen LogP contribution in [0.2, 0.25) is 0 Å². The third-order valence-corrected chi connectivity index (χ3v) is 5.34. The van der Waals surface area contributed by atoms with Crippen molar-refractivity contribution in [1.29, 1.82) is 0 Å². The smallest absolute Gasteiger partial charge is 0.276 e. The van der Waals surface area contributed by atoms with E-state index in [1.807, 2.05) is 13.8 Å². The van der Waals surface area contributed by atoms with Gasteiger partial charge in [-0.2, -0.15) is 4.31 Å². The molecule has 1 aliphatic heterocycles. The molecular weight excluding hydrogens is 252 g/mol. The Hall–Kier alpha value is -0.850. The van der Waals surface area contributed by atoms with E-state index >= 15 is 0 Å². The van der Waals surface area contributed by atoms with E-state index in [-0.39, 0.29) is 10.6 Å². The molecule has 0 radical (unpaired) electrons. The van der Waals surface area contributed by atoms with E-state index in [1.54, 1.807) is 17.4 Å². The van der Waals surface area contributed by atoms with Gasteiger partial charge in [-0.1, -0.05) is 0 Å². The van der Waals surface area contributed by atoms with Crippen molar-refractivity contribution in [3.8, 4) is 0 Å². The Balaban J connectivity index is 2.30. The summed E-state index contributed by atoms with van der Waals surface area (Å²) < 4.78 is 31.9. The SMILES string of the molecule is CNCc1ccc(S(=O)(=O)N2CCCC2(C)C)o1. The van der Waals surface area contributed by atoms with Crippen molar-refractivity contribution in [3.63, 3.8) is 0 Å². The number of hydrogen-bond acceptors (Lipinski definition) is 4. The molecule has 2 heterocycles. The number of hydrogen-bond donors (Lipinski definition) is 1. The van der Waals surface area contributed by atoms with Crippen molar-refractivity contribution < 1.29 is 12.8 Å². The summed E-state index contributed by atoms with van der Waals surface area (Å²) in [6.45, 7) is 5.00. The second kappa shape index (κ2) is 4.68. The second-order valence-corrected chi connectivity index (χ2v) is 7.04. The Bertz CT molecular complexity index is 519. The molecule has 0 unspecified atom stereocenters. The lowest BCUT2D eigenvalue weighted by molar-refractivity contribution is 0.280. The van der Waals surface area contributed by atoms with Crippen LogP contribution in [-0.4, -0.2) is 31.9 Å². The molecule has 1 aromatic rings. The van der Waals surface area contributed by atoms with Crippen molar-refractivity contribution in [3.05, 3.63) is 17.9 Å². The van der Waals surface area contributed by atoms with Crippen LogP contribution in [0.15, 0.2) is 21.6 Å². The first-order valence-electron chi connectivity index (χ1n) is 6.14. The molecule has 1 saturated heterocycles. The standard InChI is InChI=1S/C12H20N2O3S/c1-12(2)7-4-8-14(12)18(15,16)11-6-5-10(17-11)9-13-3/h5-6,13H,4,7-9H2,1-3H3. The highest BCUT2D eigenvalue weighted by atomic mass is 32.2. The van der Waals surface area contributed by atoms with Crippen LogP contribution in [0.5, 0.6) is 0 Å². The van der Waals surface area contributed by atoms with Gasteiger partial charge in [-0.25, -0.2) is 8.42 Å². The zero-order valence-electron chi connectivity index (χ0n) is 11.1. The van der Waals surface area contributed by atoms with Crippen LogP contribution in [-0.2, 0) is 16.6 Å². The fourth-order valence-corrected chi connectivity index (χ4v) is 4.18. The Morgan fingerprint density at radius 1 is 1.44 bits per heavy atom. The van der Waals surface area contributed by atoms with E-state index in [4.69, 9.17) is 4.42 Å². The van der Waals surface area contributed by atoms with Crippen molar-refractivity contribution in [2.75, 3.05) is 13.6 Å². The molecule has 18 heavy (non-hydrogen) atoms. The number of furan rings is 1. The summed E-state index contributed by atoms with van der Waals surface area (Å²) in [6, 6.07) is 3.24. The normalized spacial score (nSPS) is 20.4. The van der Waals surface area contributed by atoms with Crippen molar-refractivity contribution in [2.45, 2.75) is 43.9 Å². The zero-order chi connectivity index (χ0) is 13.4. The summed E-state index contributed by atoms with van der Waals surface area (Å²) in [4.78, 5) is 0. The quantitative estimate of drug-likeness (QED) is 0.903. The summed E-state index contributed by atoms with van der Waals surface area (Å²) in [5.74, 6) is 0.632. The second-order valence-electron chi connectivity index (χ2n) is 5.24. The van der Waals surface area contributed by atoms with Gasteiger partial charge in [0.25, 0.3) is 10.0 Å². The van der Waals surface area contributed by atoms with Crippen LogP contribution in [0, 0.1) is 0 Å². The number of sulfonamides is 1. The van der Waals surface area contributed by atoms with Gasteiger partial charge in [0.1, 0.15) is 5.76 Å². The minimum Gasteiger partial charge on any atom is -0.447 e. The monoisotopic (exact) mass is 272 g/mol. The van der Waals surface area contributed by atoms with Gasteiger partial charge in [0.2, 0.25) is 5.09 Å². The molecule has 1 N–H and O–H groups in total. The lowest BCUT2D eigenvalue weighted by Crippen LogP contribution is -2.42. The molecule has 0 saturated carbocycles. The van der Waals surface area contributed by atoms with E-state index in [0.717, 1.165) is 12.8 Å². The molecule has 0 amide bonds. The summed E-state index contributed by atoms with van der Waals surface area (Å²) >= 11 is 0. The van der Waals surface area contributed by atoms with Gasteiger partial charge < -0.3 is 9.73 Å².